The fourth-order valence-electron chi connectivity index (χ4n) is 3.10. The van der Waals surface area contributed by atoms with Crippen molar-refractivity contribution in [2.75, 3.05) is 0 Å². The van der Waals surface area contributed by atoms with Gasteiger partial charge in [0.2, 0.25) is 5.60 Å². The number of ether oxygens (including phenoxy) is 2. The van der Waals surface area contributed by atoms with Crippen LogP contribution >= 0.6 is 11.3 Å². The third-order valence-corrected chi connectivity index (χ3v) is 5.15. The van der Waals surface area contributed by atoms with Gasteiger partial charge in [-0.25, -0.2) is 0 Å². The Morgan fingerprint density at radius 1 is 1.00 bits per heavy atom. The summed E-state index contributed by atoms with van der Waals surface area (Å²) in [6, 6.07) is 19.5. The van der Waals surface area contributed by atoms with E-state index < -0.39 is 5.60 Å². The lowest BCUT2D eigenvalue weighted by Gasteiger charge is -2.38. The number of carbonyl (C=O) groups is 1. The molecule has 0 radical (unpaired) electrons. The van der Waals surface area contributed by atoms with Crippen molar-refractivity contribution in [1.29, 1.82) is 0 Å². The summed E-state index contributed by atoms with van der Waals surface area (Å²) in [6.45, 7) is 1.81. The van der Waals surface area contributed by atoms with E-state index in [9.17, 15) is 4.79 Å². The number of rotatable bonds is 3. The SMILES string of the molecule is CCC(=O)OC1(c2cccs2)c2ccccc2Oc2ccccc21. The molecule has 0 saturated heterocycles. The molecular weight excluding hydrogens is 320 g/mol. The van der Waals surface area contributed by atoms with Gasteiger partial charge >= 0.3 is 5.97 Å². The monoisotopic (exact) mass is 336 g/mol. The summed E-state index contributed by atoms with van der Waals surface area (Å²) in [5.74, 6) is 1.19. The van der Waals surface area contributed by atoms with E-state index in [0.29, 0.717) is 17.9 Å². The Morgan fingerprint density at radius 3 is 2.17 bits per heavy atom. The van der Waals surface area contributed by atoms with Gasteiger partial charge in [0.15, 0.2) is 0 Å². The molecule has 0 N–H and O–H groups in total. The third kappa shape index (κ3) is 2.14. The number of para-hydroxylation sites is 2. The van der Waals surface area contributed by atoms with Crippen LogP contribution in [0.25, 0.3) is 0 Å². The van der Waals surface area contributed by atoms with Crippen LogP contribution in [0.2, 0.25) is 0 Å². The lowest BCUT2D eigenvalue weighted by atomic mass is 9.81. The van der Waals surface area contributed by atoms with Crippen LogP contribution in [0.4, 0.5) is 0 Å². The summed E-state index contributed by atoms with van der Waals surface area (Å²) < 4.78 is 12.2. The Hall–Kier alpha value is -2.59. The summed E-state index contributed by atoms with van der Waals surface area (Å²) >= 11 is 1.58. The van der Waals surface area contributed by atoms with Crippen molar-refractivity contribution in [3.8, 4) is 11.5 Å². The van der Waals surface area contributed by atoms with Crippen molar-refractivity contribution in [2.45, 2.75) is 18.9 Å². The summed E-state index contributed by atoms with van der Waals surface area (Å²) in [6.07, 6.45) is 0.318. The molecule has 2 heterocycles. The van der Waals surface area contributed by atoms with Gasteiger partial charge in [-0.3, -0.25) is 4.79 Å². The molecule has 24 heavy (non-hydrogen) atoms. The van der Waals surface area contributed by atoms with Crippen molar-refractivity contribution in [3.63, 3.8) is 0 Å². The second kappa shape index (κ2) is 5.80. The van der Waals surface area contributed by atoms with Crippen LogP contribution in [0.15, 0.2) is 66.0 Å². The van der Waals surface area contributed by atoms with E-state index in [-0.39, 0.29) is 5.97 Å². The summed E-state index contributed by atoms with van der Waals surface area (Å²) in [7, 11) is 0. The van der Waals surface area contributed by atoms with E-state index >= 15 is 0 Å². The first-order valence-corrected chi connectivity index (χ1v) is 8.76. The molecule has 0 unspecified atom stereocenters. The molecule has 0 fully saturated rings. The van der Waals surface area contributed by atoms with Crippen LogP contribution in [-0.2, 0) is 15.1 Å². The normalized spacial score (nSPS) is 14.2. The Labute approximate surface area is 144 Å². The number of hydrogen-bond acceptors (Lipinski definition) is 4. The average molecular weight is 336 g/mol. The van der Waals surface area contributed by atoms with Crippen molar-refractivity contribution < 1.29 is 14.3 Å². The largest absolute Gasteiger partial charge is 0.456 e. The van der Waals surface area contributed by atoms with Crippen LogP contribution in [0, 0.1) is 0 Å². The molecule has 3 aromatic rings. The highest BCUT2D eigenvalue weighted by Gasteiger charge is 2.47. The smallest absolute Gasteiger partial charge is 0.307 e. The first kappa shape index (κ1) is 15.0. The molecule has 1 aromatic heterocycles. The fourth-order valence-corrected chi connectivity index (χ4v) is 3.99. The molecule has 0 saturated carbocycles. The number of benzene rings is 2. The Balaban J connectivity index is 2.06. The van der Waals surface area contributed by atoms with Crippen LogP contribution < -0.4 is 4.74 Å². The van der Waals surface area contributed by atoms with Gasteiger partial charge in [0.05, 0.1) is 4.88 Å². The molecule has 4 rings (SSSR count). The maximum Gasteiger partial charge on any atom is 0.307 e. The zero-order valence-electron chi connectivity index (χ0n) is 13.2. The van der Waals surface area contributed by atoms with Gasteiger partial charge in [0, 0.05) is 17.5 Å². The van der Waals surface area contributed by atoms with Gasteiger partial charge in [-0.05, 0) is 23.6 Å². The van der Waals surface area contributed by atoms with E-state index in [1.54, 1.807) is 11.3 Å². The van der Waals surface area contributed by atoms with Crippen molar-refractivity contribution in [2.24, 2.45) is 0 Å². The molecule has 1 aliphatic heterocycles. The Morgan fingerprint density at radius 2 is 1.62 bits per heavy atom. The van der Waals surface area contributed by atoms with E-state index in [0.717, 1.165) is 16.0 Å². The molecule has 0 aliphatic carbocycles. The number of hydrogen-bond donors (Lipinski definition) is 0. The van der Waals surface area contributed by atoms with Crippen molar-refractivity contribution >= 4 is 17.3 Å². The zero-order chi connectivity index (χ0) is 16.6. The van der Waals surface area contributed by atoms with E-state index in [1.165, 1.54) is 0 Å². The minimum Gasteiger partial charge on any atom is -0.456 e. The number of fused-ring (bicyclic) bond motifs is 2. The molecule has 1 aliphatic rings. The number of esters is 1. The van der Waals surface area contributed by atoms with Gasteiger partial charge in [-0.1, -0.05) is 49.4 Å². The molecule has 4 heteroatoms. The van der Waals surface area contributed by atoms with E-state index in [4.69, 9.17) is 9.47 Å². The standard InChI is InChI=1S/C20H16O3S/c1-2-19(21)23-20(18-12-7-13-24-18)14-8-3-5-10-16(14)22-17-11-6-4-9-15(17)20/h3-13H,2H2,1H3. The van der Waals surface area contributed by atoms with Gasteiger partial charge in [0.1, 0.15) is 11.5 Å². The second-order valence-electron chi connectivity index (χ2n) is 5.58. The highest BCUT2D eigenvalue weighted by molar-refractivity contribution is 7.10. The minimum atomic E-state index is -0.966. The van der Waals surface area contributed by atoms with Crippen molar-refractivity contribution in [1.82, 2.24) is 0 Å². The predicted octanol–water partition coefficient (Wildman–Crippen LogP) is 5.10. The molecule has 120 valence electrons. The average Bonchev–Trinajstić information content (AvgIpc) is 3.16. The Kier molecular flexibility index (Phi) is 3.62. The highest BCUT2D eigenvalue weighted by atomic mass is 32.1. The number of carbonyl (C=O) groups excluding carboxylic acids is 1. The molecule has 0 spiro atoms. The van der Waals surface area contributed by atoms with Crippen LogP contribution in [0.5, 0.6) is 11.5 Å². The van der Waals surface area contributed by atoms with Crippen molar-refractivity contribution in [3.05, 3.63) is 82.0 Å². The number of thiophene rings is 1. The van der Waals surface area contributed by atoms with Gasteiger partial charge < -0.3 is 9.47 Å². The van der Waals surface area contributed by atoms with Crippen LogP contribution in [-0.4, -0.2) is 5.97 Å². The predicted molar refractivity (Wildman–Crippen MR) is 93.5 cm³/mol. The zero-order valence-corrected chi connectivity index (χ0v) is 14.0. The third-order valence-electron chi connectivity index (χ3n) is 4.18. The lowest BCUT2D eigenvalue weighted by molar-refractivity contribution is -0.153. The fraction of sp³-hybridized carbons (Fsp3) is 0.150. The molecular formula is C20H16O3S. The van der Waals surface area contributed by atoms with Gasteiger partial charge in [-0.2, -0.15) is 0 Å². The molecule has 3 nitrogen and oxygen atoms in total. The quantitative estimate of drug-likeness (QED) is 0.624. The lowest BCUT2D eigenvalue weighted by Crippen LogP contribution is -2.37. The molecule has 2 aromatic carbocycles. The highest BCUT2D eigenvalue weighted by Crippen LogP contribution is 2.53. The summed E-state index contributed by atoms with van der Waals surface area (Å²) in [5, 5.41) is 2.00. The molecule has 0 bridgehead atoms. The molecule has 0 amide bonds. The first-order chi connectivity index (χ1) is 11.8. The van der Waals surface area contributed by atoms with Crippen LogP contribution in [0.3, 0.4) is 0 Å². The van der Waals surface area contributed by atoms with E-state index in [2.05, 4.69) is 0 Å². The van der Waals surface area contributed by atoms with Gasteiger partial charge in [-0.15, -0.1) is 11.3 Å². The summed E-state index contributed by atoms with van der Waals surface area (Å²) in [4.78, 5) is 13.3. The minimum absolute atomic E-state index is 0.241. The topological polar surface area (TPSA) is 35.5 Å². The molecule has 0 atom stereocenters. The van der Waals surface area contributed by atoms with Crippen LogP contribution in [0.1, 0.15) is 29.3 Å². The maximum absolute atomic E-state index is 12.3. The maximum atomic E-state index is 12.3. The first-order valence-electron chi connectivity index (χ1n) is 7.88. The second-order valence-corrected chi connectivity index (χ2v) is 6.53. The Bertz CT molecular complexity index is 838. The van der Waals surface area contributed by atoms with Gasteiger partial charge in [0.25, 0.3) is 0 Å². The summed E-state index contributed by atoms with van der Waals surface area (Å²) in [5.41, 5.74) is 0.744. The van der Waals surface area contributed by atoms with E-state index in [1.807, 2.05) is 73.0 Å².